The van der Waals surface area contributed by atoms with Crippen molar-refractivity contribution in [1.82, 2.24) is 14.7 Å². The van der Waals surface area contributed by atoms with Gasteiger partial charge in [0.2, 0.25) is 0 Å². The minimum Gasteiger partial charge on any atom is -0.462 e. The van der Waals surface area contributed by atoms with Crippen LogP contribution in [0.2, 0.25) is 0 Å². The summed E-state index contributed by atoms with van der Waals surface area (Å²) in [6.45, 7) is 8.60. The van der Waals surface area contributed by atoms with Crippen LogP contribution in [0.15, 0.2) is 60.8 Å². The molecule has 1 atom stereocenters. The van der Waals surface area contributed by atoms with Gasteiger partial charge in [0.05, 0.1) is 12.6 Å². The highest BCUT2D eigenvalue weighted by atomic mass is 16.6. The zero-order chi connectivity index (χ0) is 25.0. The molecular weight excluding hydrogens is 446 g/mol. The lowest BCUT2D eigenvalue weighted by Crippen LogP contribution is -2.35. The molecule has 3 aromatic rings. The summed E-state index contributed by atoms with van der Waals surface area (Å²) in [7, 11) is 0. The van der Waals surface area contributed by atoms with Crippen molar-refractivity contribution in [3.05, 3.63) is 66.4 Å². The molecule has 1 aliphatic heterocycles. The molecule has 8 nitrogen and oxygen atoms in total. The highest BCUT2D eigenvalue weighted by molar-refractivity contribution is 5.96. The molecular formula is C27H31N3O5. The molecule has 2 aromatic carbocycles. The molecule has 0 aliphatic carbocycles. The zero-order valence-corrected chi connectivity index (χ0v) is 20.6. The molecule has 35 heavy (non-hydrogen) atoms. The largest absolute Gasteiger partial charge is 0.462 e. The first-order chi connectivity index (χ1) is 16.7. The molecule has 4 rings (SSSR count). The van der Waals surface area contributed by atoms with Crippen molar-refractivity contribution < 1.29 is 23.8 Å². The van der Waals surface area contributed by atoms with Gasteiger partial charge in [-0.3, -0.25) is 4.68 Å². The van der Waals surface area contributed by atoms with Gasteiger partial charge in [0, 0.05) is 24.8 Å². The average molecular weight is 478 g/mol. The van der Waals surface area contributed by atoms with Crippen LogP contribution in [0.4, 0.5) is 4.79 Å². The fourth-order valence-electron chi connectivity index (χ4n) is 3.91. The van der Waals surface area contributed by atoms with Crippen molar-refractivity contribution in [1.29, 1.82) is 0 Å². The van der Waals surface area contributed by atoms with E-state index < -0.39 is 11.6 Å². The number of para-hydroxylation sites is 1. The van der Waals surface area contributed by atoms with Crippen LogP contribution >= 0.6 is 0 Å². The van der Waals surface area contributed by atoms with E-state index in [1.165, 1.54) is 0 Å². The molecule has 0 radical (unpaired) electrons. The minimum atomic E-state index is -0.554. The van der Waals surface area contributed by atoms with Gasteiger partial charge in [-0.25, -0.2) is 9.59 Å². The van der Waals surface area contributed by atoms with Gasteiger partial charge in [-0.05, 0) is 70.5 Å². The third-order valence-electron chi connectivity index (χ3n) is 5.52. The van der Waals surface area contributed by atoms with Crippen LogP contribution in [0.3, 0.4) is 0 Å². The van der Waals surface area contributed by atoms with Crippen LogP contribution in [-0.2, 0) is 9.47 Å². The molecule has 184 valence electrons. The fourth-order valence-corrected chi connectivity index (χ4v) is 3.91. The second-order valence-electron chi connectivity index (χ2n) is 9.40. The van der Waals surface area contributed by atoms with Gasteiger partial charge in [-0.1, -0.05) is 18.2 Å². The number of amides is 1. The Morgan fingerprint density at radius 2 is 1.71 bits per heavy atom. The number of likely N-dealkylation sites (tertiary alicyclic amines) is 1. The Morgan fingerprint density at radius 3 is 2.37 bits per heavy atom. The van der Waals surface area contributed by atoms with E-state index in [-0.39, 0.29) is 18.7 Å². The summed E-state index contributed by atoms with van der Waals surface area (Å²) < 4.78 is 18.4. The van der Waals surface area contributed by atoms with Crippen LogP contribution < -0.4 is 4.74 Å². The van der Waals surface area contributed by atoms with Gasteiger partial charge in [0.25, 0.3) is 0 Å². The number of esters is 1. The summed E-state index contributed by atoms with van der Waals surface area (Å²) in [6.07, 6.45) is 2.09. The minimum absolute atomic E-state index is 0.0647. The summed E-state index contributed by atoms with van der Waals surface area (Å²) >= 11 is 0. The number of benzene rings is 2. The van der Waals surface area contributed by atoms with Crippen molar-refractivity contribution in [2.24, 2.45) is 0 Å². The first-order valence-electron chi connectivity index (χ1n) is 11.8. The summed E-state index contributed by atoms with van der Waals surface area (Å²) in [6, 6.07) is 16.9. The molecule has 1 saturated heterocycles. The Kier molecular flexibility index (Phi) is 7.10. The van der Waals surface area contributed by atoms with E-state index in [0.29, 0.717) is 36.5 Å². The van der Waals surface area contributed by atoms with Gasteiger partial charge in [0.15, 0.2) is 0 Å². The first kappa shape index (κ1) is 24.3. The smallest absolute Gasteiger partial charge is 0.410 e. The predicted octanol–water partition coefficient (Wildman–Crippen LogP) is 5.70. The Morgan fingerprint density at radius 1 is 1.03 bits per heavy atom. The van der Waals surface area contributed by atoms with E-state index in [2.05, 4.69) is 0 Å². The van der Waals surface area contributed by atoms with E-state index in [1.807, 2.05) is 75.4 Å². The molecule has 1 aliphatic rings. The number of hydrogen-bond donors (Lipinski definition) is 0. The number of nitrogens with zero attached hydrogens (tertiary/aromatic N) is 3. The van der Waals surface area contributed by atoms with Crippen molar-refractivity contribution in [2.75, 3.05) is 19.7 Å². The first-order valence-corrected chi connectivity index (χ1v) is 11.8. The maximum atomic E-state index is 12.7. The Bertz CT molecular complexity index is 1170. The molecule has 2 heterocycles. The van der Waals surface area contributed by atoms with Gasteiger partial charge >= 0.3 is 12.1 Å². The summed E-state index contributed by atoms with van der Waals surface area (Å²) in [5.74, 6) is 0.994. The summed E-state index contributed by atoms with van der Waals surface area (Å²) in [5.41, 5.74) is 1.14. The zero-order valence-electron chi connectivity index (χ0n) is 20.6. The second-order valence-corrected chi connectivity index (χ2v) is 9.40. The number of hydrogen-bond acceptors (Lipinski definition) is 6. The number of aromatic nitrogens is 2. The van der Waals surface area contributed by atoms with Crippen LogP contribution in [0.5, 0.6) is 11.5 Å². The van der Waals surface area contributed by atoms with E-state index in [9.17, 15) is 9.59 Å². The lowest BCUT2D eigenvalue weighted by Gasteiger charge is -2.24. The van der Waals surface area contributed by atoms with Gasteiger partial charge in [0.1, 0.15) is 28.4 Å². The molecule has 0 N–H and O–H groups in total. The molecule has 0 bridgehead atoms. The lowest BCUT2D eigenvalue weighted by molar-refractivity contribution is 0.0287. The highest BCUT2D eigenvalue weighted by Gasteiger charge is 2.32. The van der Waals surface area contributed by atoms with Crippen molar-refractivity contribution in [3.63, 3.8) is 0 Å². The average Bonchev–Trinajstić information content (AvgIpc) is 3.47. The Labute approximate surface area is 205 Å². The molecule has 0 spiro atoms. The van der Waals surface area contributed by atoms with Crippen molar-refractivity contribution >= 4 is 12.1 Å². The maximum absolute atomic E-state index is 12.7. The summed E-state index contributed by atoms with van der Waals surface area (Å²) in [4.78, 5) is 26.9. The number of carbonyl (C=O) groups excluding carboxylic acids is 2. The SMILES string of the molecule is CCOC(=O)c1cn([C@H]2CCN(C(=O)OC(C)(C)C)C2)nc1-c1ccc(Oc2ccccc2)cc1. The van der Waals surface area contributed by atoms with Gasteiger partial charge < -0.3 is 19.1 Å². The molecule has 1 fully saturated rings. The second kappa shape index (κ2) is 10.2. The molecule has 0 saturated carbocycles. The monoisotopic (exact) mass is 477 g/mol. The van der Waals surface area contributed by atoms with Gasteiger partial charge in [-0.2, -0.15) is 5.10 Å². The van der Waals surface area contributed by atoms with Crippen LogP contribution in [0.1, 0.15) is 50.5 Å². The quantitative estimate of drug-likeness (QED) is 0.424. The molecule has 0 unspecified atom stereocenters. The number of ether oxygens (including phenoxy) is 3. The van der Waals surface area contributed by atoms with Crippen molar-refractivity contribution in [2.45, 2.75) is 45.8 Å². The van der Waals surface area contributed by atoms with E-state index in [4.69, 9.17) is 19.3 Å². The molecule has 1 amide bonds. The van der Waals surface area contributed by atoms with E-state index >= 15 is 0 Å². The van der Waals surface area contributed by atoms with E-state index in [0.717, 1.165) is 11.3 Å². The number of rotatable bonds is 6. The van der Waals surface area contributed by atoms with E-state index in [1.54, 1.807) is 22.7 Å². The van der Waals surface area contributed by atoms with Crippen molar-refractivity contribution in [3.8, 4) is 22.8 Å². The van der Waals surface area contributed by atoms with Gasteiger partial charge in [-0.15, -0.1) is 0 Å². The third kappa shape index (κ3) is 6.01. The van der Waals surface area contributed by atoms with Crippen LogP contribution in [-0.4, -0.2) is 52.0 Å². The molecule has 8 heteroatoms. The summed E-state index contributed by atoms with van der Waals surface area (Å²) in [5, 5.41) is 4.74. The highest BCUT2D eigenvalue weighted by Crippen LogP contribution is 2.30. The lowest BCUT2D eigenvalue weighted by atomic mass is 10.1. The third-order valence-corrected chi connectivity index (χ3v) is 5.52. The maximum Gasteiger partial charge on any atom is 0.410 e. The standard InChI is InChI=1S/C27H31N3O5/c1-5-33-25(31)23-18-30(20-15-16-29(17-20)26(32)35-27(2,3)4)28-24(23)19-11-13-22(14-12-19)34-21-9-7-6-8-10-21/h6-14,18,20H,5,15-17H2,1-4H3/t20-/m0/s1. The Balaban J connectivity index is 1.55. The normalized spacial score (nSPS) is 15.7. The van der Waals surface area contributed by atoms with Crippen LogP contribution in [0.25, 0.3) is 11.3 Å². The Hall–Kier alpha value is -3.81. The number of carbonyl (C=O) groups is 2. The van der Waals surface area contributed by atoms with Crippen LogP contribution in [0, 0.1) is 0 Å². The molecule has 1 aromatic heterocycles. The fraction of sp³-hybridized carbons (Fsp3) is 0.370. The predicted molar refractivity (Wildman–Crippen MR) is 132 cm³/mol. The topological polar surface area (TPSA) is 82.9 Å².